The number of aromatic nitrogens is 2. The number of nitrogens with zero attached hydrogens (tertiary/aromatic N) is 4. The quantitative estimate of drug-likeness (QED) is 0.887. The van der Waals surface area contributed by atoms with E-state index in [1.165, 1.54) is 6.20 Å². The number of carbonyl (C=O) groups is 1. The molecule has 2 heterocycles. The lowest BCUT2D eigenvalue weighted by atomic mass is 9.96. The van der Waals surface area contributed by atoms with Gasteiger partial charge in [-0.25, -0.2) is 9.97 Å². The van der Waals surface area contributed by atoms with Crippen molar-refractivity contribution in [3.05, 3.63) is 18.1 Å². The summed E-state index contributed by atoms with van der Waals surface area (Å²) in [6.45, 7) is 3.02. The van der Waals surface area contributed by atoms with Gasteiger partial charge in [-0.15, -0.1) is 0 Å². The maximum Gasteiger partial charge on any atom is 0.273 e. The normalized spacial score (nSPS) is 16.9. The molecule has 1 saturated heterocycles. The van der Waals surface area contributed by atoms with E-state index >= 15 is 0 Å². The zero-order valence-electron chi connectivity index (χ0n) is 12.5. The lowest BCUT2D eigenvalue weighted by Crippen LogP contribution is -2.38. The summed E-state index contributed by atoms with van der Waals surface area (Å²) < 4.78 is 0. The van der Waals surface area contributed by atoms with Crippen LogP contribution in [0.2, 0.25) is 0 Å². The van der Waals surface area contributed by atoms with E-state index < -0.39 is 0 Å². The number of carbonyl (C=O) groups excluding carboxylic acids is 1. The van der Waals surface area contributed by atoms with Crippen LogP contribution < -0.4 is 5.32 Å². The molecular formula is C14H23N5O. The Morgan fingerprint density at radius 2 is 2.10 bits per heavy atom. The van der Waals surface area contributed by atoms with Crippen molar-refractivity contribution >= 4 is 11.7 Å². The summed E-state index contributed by atoms with van der Waals surface area (Å²) in [7, 11) is 5.76. The van der Waals surface area contributed by atoms with E-state index in [0.717, 1.165) is 32.5 Å². The highest BCUT2D eigenvalue weighted by atomic mass is 16.2. The number of amides is 1. The molecule has 1 N–H and O–H groups in total. The second kappa shape index (κ2) is 6.65. The van der Waals surface area contributed by atoms with Gasteiger partial charge in [-0.1, -0.05) is 0 Å². The largest absolute Gasteiger partial charge is 0.372 e. The summed E-state index contributed by atoms with van der Waals surface area (Å²) in [4.78, 5) is 24.7. The van der Waals surface area contributed by atoms with E-state index in [9.17, 15) is 4.79 Å². The Labute approximate surface area is 120 Å². The molecule has 110 valence electrons. The average molecular weight is 277 g/mol. The van der Waals surface area contributed by atoms with Crippen molar-refractivity contribution in [1.29, 1.82) is 0 Å². The van der Waals surface area contributed by atoms with Crippen molar-refractivity contribution in [3.8, 4) is 0 Å². The zero-order chi connectivity index (χ0) is 14.5. The molecule has 0 atom stereocenters. The van der Waals surface area contributed by atoms with E-state index in [1.54, 1.807) is 18.1 Å². The Bertz CT molecular complexity index is 439. The molecule has 0 aromatic carbocycles. The molecular weight excluding hydrogens is 254 g/mol. The van der Waals surface area contributed by atoms with Gasteiger partial charge >= 0.3 is 0 Å². The van der Waals surface area contributed by atoms with Crippen molar-refractivity contribution < 1.29 is 4.79 Å². The standard InChI is InChI=1S/C14H23N5O/c1-15-13-9-16-12(8-17-13)14(20)19(3)10-11-4-6-18(2)7-5-11/h8-9,11H,4-7,10H2,1-3H3,(H,15,17). The topological polar surface area (TPSA) is 61.4 Å². The third-order valence-electron chi connectivity index (χ3n) is 3.84. The van der Waals surface area contributed by atoms with E-state index in [1.807, 2.05) is 7.05 Å². The molecule has 0 saturated carbocycles. The van der Waals surface area contributed by atoms with Crippen LogP contribution in [0.25, 0.3) is 0 Å². The number of hydrogen-bond donors (Lipinski definition) is 1. The van der Waals surface area contributed by atoms with Gasteiger partial charge in [-0.05, 0) is 38.9 Å². The Kier molecular flexibility index (Phi) is 4.89. The highest BCUT2D eigenvalue weighted by molar-refractivity contribution is 5.91. The summed E-state index contributed by atoms with van der Waals surface area (Å²) in [5.74, 6) is 1.20. The number of rotatable bonds is 4. The lowest BCUT2D eigenvalue weighted by molar-refractivity contribution is 0.0741. The van der Waals surface area contributed by atoms with Crippen molar-refractivity contribution in [1.82, 2.24) is 19.8 Å². The van der Waals surface area contributed by atoms with Crippen LogP contribution in [0.1, 0.15) is 23.3 Å². The molecule has 0 aliphatic carbocycles. The van der Waals surface area contributed by atoms with Crippen LogP contribution in [0.5, 0.6) is 0 Å². The van der Waals surface area contributed by atoms with Gasteiger partial charge in [-0.2, -0.15) is 0 Å². The lowest BCUT2D eigenvalue weighted by Gasteiger charge is -2.31. The predicted molar refractivity (Wildman–Crippen MR) is 78.8 cm³/mol. The van der Waals surface area contributed by atoms with Crippen LogP contribution in [-0.4, -0.2) is 66.5 Å². The minimum absolute atomic E-state index is 0.0564. The SMILES string of the molecule is CNc1cnc(C(=O)N(C)CC2CCN(C)CC2)cn1. The van der Waals surface area contributed by atoms with Gasteiger partial charge in [-0.3, -0.25) is 4.79 Å². The first-order valence-electron chi connectivity index (χ1n) is 7.04. The number of anilines is 1. The molecule has 0 bridgehead atoms. The van der Waals surface area contributed by atoms with Gasteiger partial charge < -0.3 is 15.1 Å². The molecule has 1 aromatic heterocycles. The van der Waals surface area contributed by atoms with E-state index in [0.29, 0.717) is 17.4 Å². The molecule has 20 heavy (non-hydrogen) atoms. The summed E-state index contributed by atoms with van der Waals surface area (Å²) in [5, 5.41) is 2.89. The Morgan fingerprint density at radius 1 is 1.40 bits per heavy atom. The van der Waals surface area contributed by atoms with Crippen molar-refractivity contribution in [2.75, 3.05) is 46.1 Å². The molecule has 1 aromatic rings. The van der Waals surface area contributed by atoms with Crippen molar-refractivity contribution in [2.45, 2.75) is 12.8 Å². The molecule has 0 radical (unpaired) electrons. The molecule has 1 fully saturated rings. The summed E-state index contributed by atoms with van der Waals surface area (Å²) >= 11 is 0. The van der Waals surface area contributed by atoms with Crippen LogP contribution in [0.4, 0.5) is 5.82 Å². The fourth-order valence-corrected chi connectivity index (χ4v) is 2.48. The molecule has 0 unspecified atom stereocenters. The van der Waals surface area contributed by atoms with E-state index in [4.69, 9.17) is 0 Å². The maximum absolute atomic E-state index is 12.3. The number of nitrogens with one attached hydrogen (secondary N) is 1. The van der Waals surface area contributed by atoms with Gasteiger partial charge in [0.1, 0.15) is 11.5 Å². The number of hydrogen-bond acceptors (Lipinski definition) is 5. The first-order chi connectivity index (χ1) is 9.60. The highest BCUT2D eigenvalue weighted by Gasteiger charge is 2.21. The fourth-order valence-electron chi connectivity index (χ4n) is 2.48. The van der Waals surface area contributed by atoms with Gasteiger partial charge in [0, 0.05) is 20.6 Å². The van der Waals surface area contributed by atoms with Crippen molar-refractivity contribution in [2.24, 2.45) is 5.92 Å². The summed E-state index contributed by atoms with van der Waals surface area (Å²) in [6.07, 6.45) is 5.41. The third-order valence-corrected chi connectivity index (χ3v) is 3.84. The highest BCUT2D eigenvalue weighted by Crippen LogP contribution is 2.17. The van der Waals surface area contributed by atoms with Crippen LogP contribution >= 0.6 is 0 Å². The number of piperidine rings is 1. The molecule has 1 amide bonds. The predicted octanol–water partition coefficient (Wildman–Crippen LogP) is 0.932. The average Bonchev–Trinajstić information content (AvgIpc) is 2.49. The number of likely N-dealkylation sites (tertiary alicyclic amines) is 1. The molecule has 0 spiro atoms. The maximum atomic E-state index is 12.3. The van der Waals surface area contributed by atoms with Crippen LogP contribution in [0.3, 0.4) is 0 Å². The Balaban J connectivity index is 1.90. The van der Waals surface area contributed by atoms with Crippen LogP contribution in [-0.2, 0) is 0 Å². The minimum atomic E-state index is -0.0564. The Morgan fingerprint density at radius 3 is 2.65 bits per heavy atom. The minimum Gasteiger partial charge on any atom is -0.372 e. The van der Waals surface area contributed by atoms with Gasteiger partial charge in [0.25, 0.3) is 5.91 Å². The molecule has 6 nitrogen and oxygen atoms in total. The molecule has 6 heteroatoms. The van der Waals surface area contributed by atoms with E-state index in [-0.39, 0.29) is 5.91 Å². The summed E-state index contributed by atoms with van der Waals surface area (Å²) in [6, 6.07) is 0. The zero-order valence-corrected chi connectivity index (χ0v) is 12.5. The molecule has 1 aliphatic rings. The molecule has 2 rings (SSSR count). The van der Waals surface area contributed by atoms with Gasteiger partial charge in [0.2, 0.25) is 0 Å². The van der Waals surface area contributed by atoms with Crippen molar-refractivity contribution in [3.63, 3.8) is 0 Å². The van der Waals surface area contributed by atoms with Crippen LogP contribution in [0.15, 0.2) is 12.4 Å². The Hall–Kier alpha value is -1.69. The fraction of sp³-hybridized carbons (Fsp3) is 0.643. The monoisotopic (exact) mass is 277 g/mol. The second-order valence-corrected chi connectivity index (χ2v) is 5.47. The first-order valence-corrected chi connectivity index (χ1v) is 7.04. The first kappa shape index (κ1) is 14.7. The smallest absolute Gasteiger partial charge is 0.273 e. The third kappa shape index (κ3) is 3.66. The van der Waals surface area contributed by atoms with Crippen LogP contribution in [0, 0.1) is 5.92 Å². The second-order valence-electron chi connectivity index (χ2n) is 5.47. The van der Waals surface area contributed by atoms with Gasteiger partial charge in [0.15, 0.2) is 0 Å². The summed E-state index contributed by atoms with van der Waals surface area (Å²) in [5.41, 5.74) is 0.402. The van der Waals surface area contributed by atoms with E-state index in [2.05, 4.69) is 27.2 Å². The molecule has 1 aliphatic heterocycles. The van der Waals surface area contributed by atoms with Gasteiger partial charge in [0.05, 0.1) is 12.4 Å².